The van der Waals surface area contributed by atoms with Crippen LogP contribution in [0.15, 0.2) is 0 Å². The van der Waals surface area contributed by atoms with Crippen molar-refractivity contribution < 1.29 is 5.11 Å². The molecule has 1 saturated carbocycles. The van der Waals surface area contributed by atoms with Crippen LogP contribution >= 0.6 is 0 Å². The number of rotatable bonds is 2. The van der Waals surface area contributed by atoms with E-state index >= 15 is 0 Å². The summed E-state index contributed by atoms with van der Waals surface area (Å²) in [6, 6.07) is 0. The molecule has 14 heavy (non-hydrogen) atoms. The summed E-state index contributed by atoms with van der Waals surface area (Å²) in [5.41, 5.74) is 0. The van der Waals surface area contributed by atoms with E-state index in [0.29, 0.717) is 5.92 Å². The van der Waals surface area contributed by atoms with Gasteiger partial charge in [-0.15, -0.1) is 0 Å². The predicted molar refractivity (Wildman–Crippen MR) is 58.3 cm³/mol. The van der Waals surface area contributed by atoms with E-state index in [-0.39, 0.29) is 6.10 Å². The Balaban J connectivity index is 1.76. The Morgan fingerprint density at radius 1 is 0.929 bits per heavy atom. The van der Waals surface area contributed by atoms with Crippen LogP contribution in [0.25, 0.3) is 0 Å². The molecule has 2 fully saturated rings. The van der Waals surface area contributed by atoms with Crippen LogP contribution in [0.3, 0.4) is 0 Å². The van der Waals surface area contributed by atoms with E-state index < -0.39 is 0 Å². The molecule has 1 aliphatic heterocycles. The van der Waals surface area contributed by atoms with Gasteiger partial charge in [0.25, 0.3) is 0 Å². The lowest BCUT2D eigenvalue weighted by atomic mass is 9.86. The first-order valence-corrected chi connectivity index (χ1v) is 6.26. The largest absolute Gasteiger partial charge is 0.393 e. The molecule has 0 bridgehead atoms. The fourth-order valence-electron chi connectivity index (χ4n) is 2.87. The van der Waals surface area contributed by atoms with Crippen LogP contribution in [0.1, 0.15) is 44.9 Å². The summed E-state index contributed by atoms with van der Waals surface area (Å²) in [6.45, 7) is 3.69. The molecule has 0 amide bonds. The van der Waals surface area contributed by atoms with Crippen LogP contribution in [-0.4, -0.2) is 35.7 Å². The second-order valence-electron chi connectivity index (χ2n) is 4.97. The van der Waals surface area contributed by atoms with E-state index in [4.69, 9.17) is 0 Å². The van der Waals surface area contributed by atoms with Gasteiger partial charge in [-0.1, -0.05) is 19.3 Å². The molecule has 0 radical (unpaired) electrons. The lowest BCUT2D eigenvalue weighted by molar-refractivity contribution is 0.0424. The molecule has 2 atom stereocenters. The second-order valence-corrected chi connectivity index (χ2v) is 4.97. The summed E-state index contributed by atoms with van der Waals surface area (Å²) in [5, 5.41) is 9.87. The minimum atomic E-state index is -0.00863. The number of nitrogens with zero attached hydrogens (tertiary/aromatic N) is 1. The van der Waals surface area contributed by atoms with Gasteiger partial charge in [-0.05, 0) is 44.7 Å². The van der Waals surface area contributed by atoms with Crippen molar-refractivity contribution in [2.45, 2.75) is 51.0 Å². The monoisotopic (exact) mass is 197 g/mol. The predicted octanol–water partition coefficient (Wildman–Crippen LogP) is 2.02. The fourth-order valence-corrected chi connectivity index (χ4v) is 2.87. The Morgan fingerprint density at radius 3 is 2.36 bits per heavy atom. The zero-order valence-corrected chi connectivity index (χ0v) is 9.12. The Kier molecular flexibility index (Phi) is 3.82. The Morgan fingerprint density at radius 2 is 1.64 bits per heavy atom. The van der Waals surface area contributed by atoms with Gasteiger partial charge in [-0.3, -0.25) is 0 Å². The van der Waals surface area contributed by atoms with Gasteiger partial charge in [0.1, 0.15) is 0 Å². The Bertz CT molecular complexity index is 166. The first-order valence-electron chi connectivity index (χ1n) is 6.26. The maximum atomic E-state index is 9.87. The molecule has 82 valence electrons. The molecule has 1 aliphatic carbocycles. The van der Waals surface area contributed by atoms with E-state index in [0.717, 1.165) is 13.0 Å². The highest BCUT2D eigenvalue weighted by atomic mass is 16.3. The van der Waals surface area contributed by atoms with Gasteiger partial charge in [0.05, 0.1) is 6.10 Å². The van der Waals surface area contributed by atoms with Crippen molar-refractivity contribution >= 4 is 0 Å². The smallest absolute Gasteiger partial charge is 0.0580 e. The summed E-state index contributed by atoms with van der Waals surface area (Å²) in [4.78, 5) is 2.56. The summed E-state index contributed by atoms with van der Waals surface area (Å²) in [5.74, 6) is 0.571. The third kappa shape index (κ3) is 2.71. The van der Waals surface area contributed by atoms with Crippen molar-refractivity contribution in [1.29, 1.82) is 0 Å². The van der Waals surface area contributed by atoms with Gasteiger partial charge in [0.15, 0.2) is 0 Å². The molecule has 1 heterocycles. The van der Waals surface area contributed by atoms with Crippen LogP contribution in [0.4, 0.5) is 0 Å². The minimum Gasteiger partial charge on any atom is -0.393 e. The summed E-state index contributed by atoms with van der Waals surface area (Å²) in [6.07, 6.45) is 8.98. The molecular formula is C12H23NO. The first-order chi connectivity index (χ1) is 6.86. The van der Waals surface area contributed by atoms with Gasteiger partial charge in [0, 0.05) is 6.54 Å². The normalized spacial score (nSPS) is 35.8. The van der Waals surface area contributed by atoms with Crippen LogP contribution in [0.5, 0.6) is 0 Å². The number of hydrogen-bond donors (Lipinski definition) is 1. The molecule has 2 rings (SSSR count). The molecule has 0 unspecified atom stereocenters. The van der Waals surface area contributed by atoms with Crippen molar-refractivity contribution in [2.75, 3.05) is 19.6 Å². The maximum absolute atomic E-state index is 9.87. The fraction of sp³-hybridized carbons (Fsp3) is 1.00. The Labute approximate surface area is 87.3 Å². The molecule has 2 aliphatic rings. The van der Waals surface area contributed by atoms with Crippen LogP contribution < -0.4 is 0 Å². The van der Waals surface area contributed by atoms with Gasteiger partial charge < -0.3 is 10.0 Å². The zero-order chi connectivity index (χ0) is 9.80. The molecule has 1 saturated heterocycles. The molecule has 2 nitrogen and oxygen atoms in total. The highest BCUT2D eigenvalue weighted by Crippen LogP contribution is 2.25. The van der Waals surface area contributed by atoms with Crippen LogP contribution in [0, 0.1) is 5.92 Å². The number of aliphatic hydroxyl groups excluding tert-OH is 1. The highest BCUT2D eigenvalue weighted by molar-refractivity contribution is 4.78. The molecule has 0 aromatic heterocycles. The van der Waals surface area contributed by atoms with Crippen LogP contribution in [0.2, 0.25) is 0 Å². The molecule has 0 spiro atoms. The van der Waals surface area contributed by atoms with Crippen molar-refractivity contribution in [1.82, 2.24) is 4.90 Å². The Hall–Kier alpha value is -0.0800. The zero-order valence-electron chi connectivity index (χ0n) is 9.12. The van der Waals surface area contributed by atoms with E-state index in [9.17, 15) is 5.11 Å². The van der Waals surface area contributed by atoms with Crippen molar-refractivity contribution in [3.8, 4) is 0 Å². The second kappa shape index (κ2) is 5.13. The van der Waals surface area contributed by atoms with E-state index in [1.165, 1.54) is 51.6 Å². The number of likely N-dealkylation sites (tertiary alicyclic amines) is 1. The summed E-state index contributed by atoms with van der Waals surface area (Å²) < 4.78 is 0. The SMILES string of the molecule is O[C@H]1CCCC[C@@H]1CN1CCCCC1. The molecule has 0 aromatic carbocycles. The van der Waals surface area contributed by atoms with Gasteiger partial charge >= 0.3 is 0 Å². The van der Waals surface area contributed by atoms with Gasteiger partial charge in [0.2, 0.25) is 0 Å². The maximum Gasteiger partial charge on any atom is 0.0580 e. The first kappa shape index (κ1) is 10.4. The van der Waals surface area contributed by atoms with Crippen molar-refractivity contribution in [3.63, 3.8) is 0 Å². The summed E-state index contributed by atoms with van der Waals surface area (Å²) >= 11 is 0. The van der Waals surface area contributed by atoms with E-state index in [1.807, 2.05) is 0 Å². The molecule has 1 N–H and O–H groups in total. The number of hydrogen-bond acceptors (Lipinski definition) is 2. The molecule has 2 heteroatoms. The molecular weight excluding hydrogens is 174 g/mol. The third-order valence-corrected chi connectivity index (χ3v) is 3.81. The topological polar surface area (TPSA) is 23.5 Å². The average molecular weight is 197 g/mol. The van der Waals surface area contributed by atoms with E-state index in [1.54, 1.807) is 0 Å². The van der Waals surface area contributed by atoms with Gasteiger partial charge in [-0.2, -0.15) is 0 Å². The minimum absolute atomic E-state index is 0.00863. The number of piperidine rings is 1. The van der Waals surface area contributed by atoms with Crippen molar-refractivity contribution in [2.24, 2.45) is 5.92 Å². The highest BCUT2D eigenvalue weighted by Gasteiger charge is 2.25. The molecule has 0 aromatic rings. The standard InChI is InChI=1S/C12H23NO/c14-12-7-3-2-6-11(12)10-13-8-4-1-5-9-13/h11-12,14H,1-10H2/t11-,12+/m1/s1. The van der Waals surface area contributed by atoms with Gasteiger partial charge in [-0.25, -0.2) is 0 Å². The lowest BCUT2D eigenvalue weighted by Gasteiger charge is -2.34. The van der Waals surface area contributed by atoms with E-state index in [2.05, 4.69) is 4.90 Å². The van der Waals surface area contributed by atoms with Crippen molar-refractivity contribution in [3.05, 3.63) is 0 Å². The average Bonchev–Trinajstić information content (AvgIpc) is 2.23. The lowest BCUT2D eigenvalue weighted by Crippen LogP contribution is -2.39. The quantitative estimate of drug-likeness (QED) is 0.732. The van der Waals surface area contributed by atoms with Crippen LogP contribution in [-0.2, 0) is 0 Å². The third-order valence-electron chi connectivity index (χ3n) is 3.81. The summed E-state index contributed by atoms with van der Waals surface area (Å²) in [7, 11) is 0. The number of aliphatic hydroxyl groups is 1.